The number of aromatic nitrogens is 6. The van der Waals surface area contributed by atoms with E-state index in [1.54, 1.807) is 18.4 Å². The van der Waals surface area contributed by atoms with Crippen LogP contribution in [0.1, 0.15) is 44.6 Å². The van der Waals surface area contributed by atoms with E-state index in [0.29, 0.717) is 35.0 Å². The maximum atomic E-state index is 11.8. The Balaban J connectivity index is 0.000000197. The fraction of sp³-hybridized carbons (Fsp3) is 0.640. The first-order valence-electron chi connectivity index (χ1n) is 13.1. The van der Waals surface area contributed by atoms with Gasteiger partial charge >= 0.3 is 5.69 Å². The Morgan fingerprint density at radius 2 is 1.55 bits per heavy atom. The zero-order valence-electron chi connectivity index (χ0n) is 23.6. The molecule has 2 saturated heterocycles. The van der Waals surface area contributed by atoms with Gasteiger partial charge in [-0.1, -0.05) is 0 Å². The molecule has 8 atom stereocenters. The summed E-state index contributed by atoms with van der Waals surface area (Å²) in [7, 11) is 0. The average Bonchev–Trinajstić information content (AvgIpc) is 3.52. The third-order valence-electron chi connectivity index (χ3n) is 7.23. The first kappa shape index (κ1) is 32.3. The summed E-state index contributed by atoms with van der Waals surface area (Å²) in [6.07, 6.45) is -2.68. The molecule has 0 spiro atoms. The lowest BCUT2D eigenvalue weighted by Gasteiger charge is -2.26. The van der Waals surface area contributed by atoms with Crippen molar-refractivity contribution in [3.63, 3.8) is 0 Å². The van der Waals surface area contributed by atoms with Crippen molar-refractivity contribution >= 4 is 34.4 Å². The van der Waals surface area contributed by atoms with Gasteiger partial charge in [0.1, 0.15) is 40.0 Å². The van der Waals surface area contributed by atoms with Crippen molar-refractivity contribution in [3.05, 3.63) is 44.8 Å². The van der Waals surface area contributed by atoms with E-state index in [1.165, 1.54) is 26.4 Å². The summed E-state index contributed by atoms with van der Waals surface area (Å²) < 4.78 is 19.4. The maximum Gasteiger partial charge on any atom is 0.330 e. The predicted octanol–water partition coefficient (Wildman–Crippen LogP) is -0.125. The molecule has 2 aliphatic heterocycles. The Hall–Kier alpha value is -2.63. The Morgan fingerprint density at radius 3 is 2.05 bits per heavy atom. The first-order valence-corrected chi connectivity index (χ1v) is 13.9. The monoisotopic (exact) mass is 632 g/mol. The molecule has 5 rings (SSSR count). The molecule has 0 bridgehead atoms. The number of ether oxygens (including phenoxy) is 3. The minimum absolute atomic E-state index is 0.317. The van der Waals surface area contributed by atoms with Gasteiger partial charge in [-0.2, -0.15) is 4.98 Å². The largest absolute Gasteiger partial charge is 0.476 e. The van der Waals surface area contributed by atoms with Gasteiger partial charge in [0.15, 0.2) is 23.6 Å². The molecule has 5 N–H and O–H groups in total. The number of aryl methyl sites for hydroxylation is 2. The van der Waals surface area contributed by atoms with Crippen LogP contribution in [0.4, 0.5) is 0 Å². The average molecular weight is 633 g/mol. The van der Waals surface area contributed by atoms with Crippen LogP contribution in [-0.2, 0) is 9.47 Å². The van der Waals surface area contributed by atoms with E-state index in [-0.39, 0.29) is 6.61 Å². The minimum Gasteiger partial charge on any atom is -0.476 e. The lowest BCUT2D eigenvalue weighted by molar-refractivity contribution is -0.0470. The van der Waals surface area contributed by atoms with E-state index in [0.717, 1.165) is 4.57 Å². The van der Waals surface area contributed by atoms with Crippen LogP contribution >= 0.6 is 23.2 Å². The summed E-state index contributed by atoms with van der Waals surface area (Å²) in [5.41, 5.74) is 0.143. The topological polar surface area (TPSA) is 207 Å². The number of rotatable bonds is 6. The van der Waals surface area contributed by atoms with Gasteiger partial charge in [0.25, 0.3) is 5.56 Å². The van der Waals surface area contributed by atoms with Crippen LogP contribution in [-0.4, -0.2) is 103 Å². The minimum atomic E-state index is -1.29. The van der Waals surface area contributed by atoms with Gasteiger partial charge in [-0.25, -0.2) is 14.8 Å². The molecule has 3 aromatic heterocycles. The number of alkyl halides is 2. The smallest absolute Gasteiger partial charge is 0.330 e. The van der Waals surface area contributed by atoms with Crippen LogP contribution in [0.25, 0.3) is 11.2 Å². The molecule has 2 fully saturated rings. The summed E-state index contributed by atoms with van der Waals surface area (Å²) in [5.74, 6) is 0.915. The molecule has 0 radical (unpaired) electrons. The number of halogens is 2. The molecule has 17 heteroatoms. The molecule has 5 heterocycles. The van der Waals surface area contributed by atoms with Crippen LogP contribution in [0.15, 0.2) is 22.1 Å². The Labute approximate surface area is 249 Å². The molecule has 15 nitrogen and oxygen atoms in total. The van der Waals surface area contributed by atoms with Gasteiger partial charge in [-0.3, -0.25) is 18.9 Å². The fourth-order valence-corrected chi connectivity index (χ4v) is 5.48. The normalized spacial score (nSPS) is 32.6. The van der Waals surface area contributed by atoms with Crippen LogP contribution in [0.2, 0.25) is 0 Å². The van der Waals surface area contributed by atoms with E-state index in [1.807, 2.05) is 6.92 Å². The second-order valence-electron chi connectivity index (χ2n) is 10.4. The van der Waals surface area contributed by atoms with Gasteiger partial charge in [0, 0.05) is 11.8 Å². The van der Waals surface area contributed by atoms with Crippen molar-refractivity contribution in [2.45, 2.75) is 81.2 Å². The highest BCUT2D eigenvalue weighted by Crippen LogP contribution is 2.44. The lowest BCUT2D eigenvalue weighted by atomic mass is 10.0. The first-order chi connectivity index (χ1) is 19.7. The Kier molecular flexibility index (Phi) is 9.35. The maximum absolute atomic E-state index is 11.8. The van der Waals surface area contributed by atoms with Crippen molar-refractivity contribution in [1.29, 1.82) is 0 Å². The summed E-state index contributed by atoms with van der Waals surface area (Å²) >= 11 is 12.7. The third kappa shape index (κ3) is 5.67. The van der Waals surface area contributed by atoms with Gasteiger partial charge in [-0.15, -0.1) is 23.2 Å². The second kappa shape index (κ2) is 12.2. The van der Waals surface area contributed by atoms with E-state index in [4.69, 9.17) is 42.5 Å². The van der Waals surface area contributed by atoms with Crippen LogP contribution in [0.5, 0.6) is 5.88 Å². The van der Waals surface area contributed by atoms with Crippen LogP contribution in [0, 0.1) is 13.8 Å². The molecule has 3 aromatic rings. The van der Waals surface area contributed by atoms with Gasteiger partial charge in [-0.05, 0) is 34.6 Å². The standard InChI is InChI=1S/C14H19ClN4O4.C11H15ClN2O5/c1-4-22-12-9-11(17-7(2)18-12)19(6-16-9)13-14(3,15)10(21)8(5-20)23-13;1-5-3-14(10(18)13-8(5)17)9-11(2,12)7(16)6(4-15)19-9/h6,8,10,13,20-21H,4-5H2,1-3H3;3,6-7,9,15-16H,4H2,1-2H3,(H,13,17,18)/t8-,10-,13-,14-;6-,7-,9-,11-/m11/s1. The molecule has 2 aliphatic rings. The molecular weight excluding hydrogens is 599 g/mol. The van der Waals surface area contributed by atoms with Crippen molar-refractivity contribution in [3.8, 4) is 5.88 Å². The van der Waals surface area contributed by atoms with Crippen molar-refractivity contribution in [1.82, 2.24) is 29.1 Å². The number of H-pyrrole nitrogens is 1. The number of imidazole rings is 1. The number of fused-ring (bicyclic) bond motifs is 1. The highest BCUT2D eigenvalue weighted by atomic mass is 35.5. The van der Waals surface area contributed by atoms with E-state index in [2.05, 4.69) is 19.9 Å². The van der Waals surface area contributed by atoms with Gasteiger partial charge in [0.05, 0.1) is 26.1 Å². The molecular formula is C25H34Cl2N6O9. The molecule has 232 valence electrons. The van der Waals surface area contributed by atoms with Crippen molar-refractivity contribution in [2.24, 2.45) is 0 Å². The highest BCUT2D eigenvalue weighted by Gasteiger charge is 2.54. The number of aliphatic hydroxyl groups is 4. The zero-order valence-corrected chi connectivity index (χ0v) is 25.1. The molecule has 0 aliphatic carbocycles. The zero-order chi connectivity index (χ0) is 31.1. The van der Waals surface area contributed by atoms with Gasteiger partial charge < -0.3 is 34.6 Å². The number of hydrogen-bond donors (Lipinski definition) is 5. The Bertz CT molecular complexity index is 1540. The van der Waals surface area contributed by atoms with Crippen molar-refractivity contribution in [2.75, 3.05) is 19.8 Å². The molecule has 42 heavy (non-hydrogen) atoms. The van der Waals surface area contributed by atoms with E-state index < -0.39 is 64.5 Å². The molecule has 0 unspecified atom stereocenters. The number of nitrogens with one attached hydrogen (secondary N) is 1. The van der Waals surface area contributed by atoms with Crippen LogP contribution < -0.4 is 16.0 Å². The summed E-state index contributed by atoms with van der Waals surface area (Å²) in [6, 6.07) is 0. The highest BCUT2D eigenvalue weighted by molar-refractivity contribution is 6.25. The third-order valence-corrected chi connectivity index (χ3v) is 8.05. The second-order valence-corrected chi connectivity index (χ2v) is 12.1. The summed E-state index contributed by atoms with van der Waals surface area (Å²) in [6.45, 7) is 8.02. The number of aliphatic hydroxyl groups excluding tert-OH is 4. The van der Waals surface area contributed by atoms with E-state index >= 15 is 0 Å². The summed E-state index contributed by atoms with van der Waals surface area (Å²) in [4.78, 5) is 35.8. The summed E-state index contributed by atoms with van der Waals surface area (Å²) in [5, 5.41) is 38.7. The van der Waals surface area contributed by atoms with Crippen LogP contribution in [0.3, 0.4) is 0 Å². The molecule has 0 saturated carbocycles. The van der Waals surface area contributed by atoms with E-state index in [9.17, 15) is 24.9 Å². The number of aromatic amines is 1. The number of nitrogens with zero attached hydrogens (tertiary/aromatic N) is 5. The Morgan fingerprint density at radius 1 is 1.00 bits per heavy atom. The molecule has 0 amide bonds. The number of hydrogen-bond acceptors (Lipinski definition) is 12. The molecule has 0 aromatic carbocycles. The predicted molar refractivity (Wildman–Crippen MR) is 150 cm³/mol. The quantitative estimate of drug-likeness (QED) is 0.225. The van der Waals surface area contributed by atoms with Gasteiger partial charge in [0.2, 0.25) is 5.88 Å². The lowest BCUT2D eigenvalue weighted by Crippen LogP contribution is -2.43. The SMILES string of the molecule is CCOc1nc(C)nc2c1ncn2[C@@H]1O[C@H](CO)[C@@H](O)[C@@]1(C)Cl.Cc1cn([C@@H]2O[C@H](CO)[C@@H](O)[C@@]2(C)Cl)c(=O)[nH]c1=O. The fourth-order valence-electron chi connectivity index (χ4n) is 4.89. The van der Waals surface area contributed by atoms with Crippen molar-refractivity contribution < 1.29 is 34.6 Å².